The van der Waals surface area contributed by atoms with Crippen molar-refractivity contribution >= 4 is 41.3 Å². The van der Waals surface area contributed by atoms with Crippen LogP contribution in [-0.4, -0.2) is 31.3 Å². The van der Waals surface area contributed by atoms with E-state index in [1.54, 1.807) is 55.5 Å². The van der Waals surface area contributed by atoms with Gasteiger partial charge in [0.15, 0.2) is 11.5 Å². The molecule has 176 valence electrons. The SMILES string of the molecule is CCOc1ccc(C(=O)N/N=C\c2ccc(OC(=O)c3ccc(Cl)cc3Cl)c(OCC)c2)cc1. The van der Waals surface area contributed by atoms with E-state index in [0.717, 1.165) is 0 Å². The van der Waals surface area contributed by atoms with E-state index in [9.17, 15) is 9.59 Å². The molecule has 34 heavy (non-hydrogen) atoms. The number of hydrazone groups is 1. The maximum absolute atomic E-state index is 12.5. The number of hydrogen-bond donors (Lipinski definition) is 1. The van der Waals surface area contributed by atoms with Crippen molar-refractivity contribution in [2.24, 2.45) is 5.10 Å². The Kier molecular flexibility index (Phi) is 8.90. The van der Waals surface area contributed by atoms with Crippen molar-refractivity contribution in [3.8, 4) is 17.2 Å². The molecule has 0 bridgehead atoms. The smallest absolute Gasteiger partial charge is 0.345 e. The lowest BCUT2D eigenvalue weighted by atomic mass is 10.2. The van der Waals surface area contributed by atoms with E-state index in [4.69, 9.17) is 37.4 Å². The zero-order chi connectivity index (χ0) is 24.5. The van der Waals surface area contributed by atoms with Crippen LogP contribution in [0.5, 0.6) is 17.2 Å². The van der Waals surface area contributed by atoms with Crippen LogP contribution in [0.25, 0.3) is 0 Å². The van der Waals surface area contributed by atoms with E-state index in [2.05, 4.69) is 10.5 Å². The number of nitrogens with one attached hydrogen (secondary N) is 1. The van der Waals surface area contributed by atoms with E-state index in [0.29, 0.717) is 40.9 Å². The molecule has 0 saturated heterocycles. The predicted octanol–water partition coefficient (Wildman–Crippen LogP) is 5.77. The van der Waals surface area contributed by atoms with Crippen molar-refractivity contribution in [2.75, 3.05) is 13.2 Å². The summed E-state index contributed by atoms with van der Waals surface area (Å²) in [5.74, 6) is 0.225. The summed E-state index contributed by atoms with van der Waals surface area (Å²) >= 11 is 12.0. The Morgan fingerprint density at radius 2 is 1.65 bits per heavy atom. The number of ether oxygens (including phenoxy) is 3. The fourth-order valence-electron chi connectivity index (χ4n) is 2.87. The van der Waals surface area contributed by atoms with Gasteiger partial charge in [0.25, 0.3) is 5.91 Å². The number of carbonyl (C=O) groups is 2. The van der Waals surface area contributed by atoms with Crippen LogP contribution in [0.2, 0.25) is 10.0 Å². The summed E-state index contributed by atoms with van der Waals surface area (Å²) in [5.41, 5.74) is 3.71. The van der Waals surface area contributed by atoms with E-state index < -0.39 is 5.97 Å². The van der Waals surface area contributed by atoms with Crippen molar-refractivity contribution in [3.63, 3.8) is 0 Å². The van der Waals surface area contributed by atoms with E-state index >= 15 is 0 Å². The number of hydrogen-bond acceptors (Lipinski definition) is 6. The first-order valence-electron chi connectivity index (χ1n) is 10.4. The molecule has 1 N–H and O–H groups in total. The number of nitrogens with zero attached hydrogens (tertiary/aromatic N) is 1. The highest BCUT2D eigenvalue weighted by molar-refractivity contribution is 6.36. The van der Waals surface area contributed by atoms with E-state index in [1.807, 2.05) is 6.92 Å². The van der Waals surface area contributed by atoms with Gasteiger partial charge in [0.1, 0.15) is 5.75 Å². The number of benzene rings is 3. The van der Waals surface area contributed by atoms with Gasteiger partial charge in [0.2, 0.25) is 0 Å². The monoisotopic (exact) mass is 500 g/mol. The second kappa shape index (κ2) is 12.1. The highest BCUT2D eigenvalue weighted by Gasteiger charge is 2.16. The molecule has 0 radical (unpaired) electrons. The minimum atomic E-state index is -0.647. The summed E-state index contributed by atoms with van der Waals surface area (Å²) in [7, 11) is 0. The van der Waals surface area contributed by atoms with Gasteiger partial charge in [-0.15, -0.1) is 0 Å². The second-order valence-electron chi connectivity index (χ2n) is 6.81. The Morgan fingerprint density at radius 3 is 2.32 bits per heavy atom. The van der Waals surface area contributed by atoms with Gasteiger partial charge in [0, 0.05) is 10.6 Å². The summed E-state index contributed by atoms with van der Waals surface area (Å²) in [6.45, 7) is 4.59. The van der Waals surface area contributed by atoms with Crippen LogP contribution in [0.4, 0.5) is 0 Å². The molecule has 0 aliphatic carbocycles. The van der Waals surface area contributed by atoms with E-state index in [1.165, 1.54) is 18.3 Å². The quantitative estimate of drug-likeness (QED) is 0.174. The minimum absolute atomic E-state index is 0.177. The van der Waals surface area contributed by atoms with Gasteiger partial charge in [0.05, 0.1) is 30.0 Å². The molecule has 0 spiro atoms. The summed E-state index contributed by atoms with van der Waals surface area (Å²) < 4.78 is 16.4. The van der Waals surface area contributed by atoms with Crippen molar-refractivity contribution < 1.29 is 23.8 Å². The van der Waals surface area contributed by atoms with Crippen molar-refractivity contribution in [1.82, 2.24) is 5.43 Å². The van der Waals surface area contributed by atoms with Crippen LogP contribution in [0.1, 0.15) is 40.1 Å². The maximum atomic E-state index is 12.5. The normalized spacial score (nSPS) is 10.7. The fourth-order valence-corrected chi connectivity index (χ4v) is 3.35. The maximum Gasteiger partial charge on any atom is 0.345 e. The van der Waals surface area contributed by atoms with Crippen molar-refractivity contribution in [2.45, 2.75) is 13.8 Å². The van der Waals surface area contributed by atoms with Crippen LogP contribution < -0.4 is 19.6 Å². The van der Waals surface area contributed by atoms with Crippen molar-refractivity contribution in [3.05, 3.63) is 87.4 Å². The summed E-state index contributed by atoms with van der Waals surface area (Å²) in [6.07, 6.45) is 1.46. The minimum Gasteiger partial charge on any atom is -0.494 e. The average Bonchev–Trinajstić information content (AvgIpc) is 2.81. The molecule has 0 saturated carbocycles. The summed E-state index contributed by atoms with van der Waals surface area (Å²) in [6, 6.07) is 16.1. The molecule has 3 aromatic carbocycles. The first kappa shape index (κ1) is 25.1. The predicted molar refractivity (Wildman–Crippen MR) is 132 cm³/mol. The molecular weight excluding hydrogens is 479 g/mol. The Balaban J connectivity index is 1.68. The number of amides is 1. The van der Waals surface area contributed by atoms with Crippen molar-refractivity contribution in [1.29, 1.82) is 0 Å². The number of esters is 1. The highest BCUT2D eigenvalue weighted by atomic mass is 35.5. The first-order chi connectivity index (χ1) is 16.4. The third-order valence-corrected chi connectivity index (χ3v) is 4.98. The zero-order valence-electron chi connectivity index (χ0n) is 18.5. The molecule has 0 unspecified atom stereocenters. The molecule has 1 amide bonds. The van der Waals surface area contributed by atoms with Crippen LogP contribution >= 0.6 is 23.2 Å². The van der Waals surface area contributed by atoms with Gasteiger partial charge in [-0.3, -0.25) is 4.79 Å². The number of halogens is 2. The van der Waals surface area contributed by atoms with E-state index in [-0.39, 0.29) is 22.2 Å². The van der Waals surface area contributed by atoms with Crippen LogP contribution in [0, 0.1) is 0 Å². The molecule has 0 aromatic heterocycles. The molecule has 3 aromatic rings. The molecule has 0 aliphatic rings. The van der Waals surface area contributed by atoms with Gasteiger partial charge in [-0.25, -0.2) is 10.2 Å². The third kappa shape index (κ3) is 6.73. The zero-order valence-corrected chi connectivity index (χ0v) is 20.0. The Labute approximate surface area is 207 Å². The van der Waals surface area contributed by atoms with Gasteiger partial charge >= 0.3 is 5.97 Å². The molecular formula is C25H22Cl2N2O5. The lowest BCUT2D eigenvalue weighted by Crippen LogP contribution is -2.17. The molecule has 9 heteroatoms. The Bertz CT molecular complexity index is 1200. The third-order valence-electron chi connectivity index (χ3n) is 4.43. The Hall–Kier alpha value is -3.55. The molecule has 0 heterocycles. The standard InChI is InChI=1S/C25H22Cl2N2O5/c1-3-32-19-9-6-17(7-10-19)24(30)29-28-15-16-5-12-22(23(13-16)33-4-2)34-25(31)20-11-8-18(26)14-21(20)27/h5-15H,3-4H2,1-2H3,(H,29,30)/b28-15-. The lowest BCUT2D eigenvalue weighted by molar-refractivity contribution is 0.0728. The fraction of sp³-hybridized carbons (Fsp3) is 0.160. The lowest BCUT2D eigenvalue weighted by Gasteiger charge is -2.12. The van der Waals surface area contributed by atoms with Gasteiger partial charge < -0.3 is 14.2 Å². The average molecular weight is 501 g/mol. The molecule has 7 nitrogen and oxygen atoms in total. The van der Waals surface area contributed by atoms with Gasteiger partial charge in [-0.1, -0.05) is 23.2 Å². The highest BCUT2D eigenvalue weighted by Crippen LogP contribution is 2.30. The van der Waals surface area contributed by atoms with Crippen LogP contribution in [0.15, 0.2) is 65.8 Å². The van der Waals surface area contributed by atoms with Crippen LogP contribution in [0.3, 0.4) is 0 Å². The number of carbonyl (C=O) groups excluding carboxylic acids is 2. The second-order valence-corrected chi connectivity index (χ2v) is 7.65. The summed E-state index contributed by atoms with van der Waals surface area (Å²) in [4.78, 5) is 24.8. The Morgan fingerprint density at radius 1 is 0.912 bits per heavy atom. The molecule has 0 atom stereocenters. The summed E-state index contributed by atoms with van der Waals surface area (Å²) in [5, 5.41) is 4.58. The van der Waals surface area contributed by atoms with Gasteiger partial charge in [-0.05, 0) is 80.1 Å². The molecule has 3 rings (SSSR count). The largest absolute Gasteiger partial charge is 0.494 e. The molecule has 0 fully saturated rings. The number of rotatable bonds is 9. The molecule has 0 aliphatic heterocycles. The van der Waals surface area contributed by atoms with Gasteiger partial charge in [-0.2, -0.15) is 5.10 Å². The first-order valence-corrected chi connectivity index (χ1v) is 11.2. The van der Waals surface area contributed by atoms with Crippen LogP contribution in [-0.2, 0) is 0 Å². The topological polar surface area (TPSA) is 86.2 Å².